The number of carbonyl (C=O) groups is 2. The maximum Gasteiger partial charge on any atom is 0.254 e. The molecule has 3 heterocycles. The molecule has 2 atom stereocenters. The van der Waals surface area contributed by atoms with Gasteiger partial charge in [0.2, 0.25) is 5.91 Å². The van der Waals surface area contributed by atoms with E-state index in [4.69, 9.17) is 0 Å². The van der Waals surface area contributed by atoms with E-state index in [-0.39, 0.29) is 35.8 Å². The topological polar surface area (TPSA) is 70.2 Å². The molecule has 0 radical (unpaired) electrons. The Balaban J connectivity index is 0.00000169. The number of hydrogen-bond donors (Lipinski definition) is 3. The Morgan fingerprint density at radius 3 is 2.58 bits per heavy atom. The maximum atomic E-state index is 14.3. The van der Waals surface area contributed by atoms with Crippen molar-refractivity contribution in [1.82, 2.24) is 10.6 Å². The molecule has 24 heavy (non-hydrogen) atoms. The summed E-state index contributed by atoms with van der Waals surface area (Å²) in [5, 5.41) is 9.16. The molecule has 130 valence electrons. The van der Waals surface area contributed by atoms with Crippen LogP contribution in [0.1, 0.15) is 48.0 Å². The lowest BCUT2D eigenvalue weighted by molar-refractivity contribution is -0.116. The number of halogens is 2. The van der Waals surface area contributed by atoms with Crippen molar-refractivity contribution in [2.45, 2.75) is 56.7 Å². The number of carbonyl (C=O) groups excluding carboxylic acids is 2. The first-order valence-electron chi connectivity index (χ1n) is 8.27. The summed E-state index contributed by atoms with van der Waals surface area (Å²) in [6.45, 7) is 0. The quantitative estimate of drug-likeness (QED) is 0.763. The van der Waals surface area contributed by atoms with Crippen molar-refractivity contribution in [1.29, 1.82) is 0 Å². The van der Waals surface area contributed by atoms with Gasteiger partial charge in [0.1, 0.15) is 5.82 Å². The van der Waals surface area contributed by atoms with Gasteiger partial charge in [0.05, 0.1) is 5.56 Å². The zero-order valence-electron chi connectivity index (χ0n) is 13.2. The normalized spacial score (nSPS) is 27.7. The fraction of sp³-hybridized carbons (Fsp3) is 0.529. The summed E-state index contributed by atoms with van der Waals surface area (Å²) in [5.41, 5.74) is 1.38. The average molecular weight is 354 g/mol. The summed E-state index contributed by atoms with van der Waals surface area (Å²) in [7, 11) is 0. The Kier molecular flexibility index (Phi) is 4.78. The lowest BCUT2D eigenvalue weighted by Gasteiger charge is -2.29. The van der Waals surface area contributed by atoms with Crippen LogP contribution >= 0.6 is 12.4 Å². The molecule has 0 saturated carbocycles. The van der Waals surface area contributed by atoms with Crippen LogP contribution in [0.25, 0.3) is 0 Å². The predicted molar refractivity (Wildman–Crippen MR) is 91.0 cm³/mol. The van der Waals surface area contributed by atoms with Gasteiger partial charge < -0.3 is 16.0 Å². The fourth-order valence-corrected chi connectivity index (χ4v) is 4.01. The van der Waals surface area contributed by atoms with Crippen LogP contribution in [0, 0.1) is 5.82 Å². The fourth-order valence-electron chi connectivity index (χ4n) is 4.01. The van der Waals surface area contributed by atoms with Crippen LogP contribution in [-0.4, -0.2) is 29.9 Å². The molecular weight excluding hydrogens is 333 g/mol. The van der Waals surface area contributed by atoms with Crippen LogP contribution < -0.4 is 16.0 Å². The zero-order chi connectivity index (χ0) is 16.0. The van der Waals surface area contributed by atoms with E-state index in [2.05, 4.69) is 16.0 Å². The molecule has 4 rings (SSSR count). The smallest absolute Gasteiger partial charge is 0.254 e. The maximum absolute atomic E-state index is 14.3. The van der Waals surface area contributed by atoms with Gasteiger partial charge in [0.15, 0.2) is 0 Å². The Bertz CT molecular complexity index is 670. The van der Waals surface area contributed by atoms with Gasteiger partial charge in [-0.1, -0.05) is 0 Å². The average Bonchev–Trinajstić information content (AvgIpc) is 2.85. The summed E-state index contributed by atoms with van der Waals surface area (Å²) in [6.07, 6.45) is 5.04. The van der Waals surface area contributed by atoms with E-state index >= 15 is 0 Å². The highest BCUT2D eigenvalue weighted by molar-refractivity contribution is 5.98. The molecule has 3 N–H and O–H groups in total. The highest BCUT2D eigenvalue weighted by atomic mass is 35.5. The van der Waals surface area contributed by atoms with Crippen molar-refractivity contribution >= 4 is 29.9 Å². The van der Waals surface area contributed by atoms with Crippen molar-refractivity contribution in [2.24, 2.45) is 0 Å². The van der Waals surface area contributed by atoms with E-state index in [1.54, 1.807) is 6.07 Å². The van der Waals surface area contributed by atoms with Crippen molar-refractivity contribution in [3.05, 3.63) is 29.1 Å². The van der Waals surface area contributed by atoms with Crippen molar-refractivity contribution in [3.63, 3.8) is 0 Å². The minimum Gasteiger partial charge on any atom is -0.349 e. The third-order valence-electron chi connectivity index (χ3n) is 5.14. The molecule has 2 fully saturated rings. The van der Waals surface area contributed by atoms with Gasteiger partial charge in [-0.3, -0.25) is 9.59 Å². The first-order valence-corrected chi connectivity index (χ1v) is 8.27. The van der Waals surface area contributed by atoms with E-state index in [9.17, 15) is 14.0 Å². The van der Waals surface area contributed by atoms with Gasteiger partial charge in [-0.25, -0.2) is 4.39 Å². The summed E-state index contributed by atoms with van der Waals surface area (Å²) in [4.78, 5) is 23.8. The van der Waals surface area contributed by atoms with E-state index in [1.165, 1.54) is 6.07 Å². The lowest BCUT2D eigenvalue weighted by atomic mass is 9.97. The molecule has 2 bridgehead atoms. The Labute approximate surface area is 146 Å². The number of amides is 2. The summed E-state index contributed by atoms with van der Waals surface area (Å²) >= 11 is 0. The molecule has 1 aromatic carbocycles. The van der Waals surface area contributed by atoms with E-state index in [1.807, 2.05) is 0 Å². The molecule has 2 unspecified atom stereocenters. The largest absolute Gasteiger partial charge is 0.349 e. The number of anilines is 1. The monoisotopic (exact) mass is 353 g/mol. The highest BCUT2D eigenvalue weighted by Crippen LogP contribution is 2.28. The molecule has 2 saturated heterocycles. The highest BCUT2D eigenvalue weighted by Gasteiger charge is 2.34. The van der Waals surface area contributed by atoms with Crippen LogP contribution in [0.3, 0.4) is 0 Å². The van der Waals surface area contributed by atoms with E-state index in [0.29, 0.717) is 30.6 Å². The number of piperidine rings is 1. The predicted octanol–water partition coefficient (Wildman–Crippen LogP) is 2.15. The SMILES string of the molecule is Cl.O=C1CCc2cc(C(=O)NC3CC4CCC(C3)N4)c(F)cc2N1. The van der Waals surface area contributed by atoms with Crippen LogP contribution in [0.2, 0.25) is 0 Å². The molecule has 5 nitrogen and oxygen atoms in total. The molecule has 3 aliphatic heterocycles. The molecule has 0 aliphatic carbocycles. The van der Waals surface area contributed by atoms with Gasteiger partial charge in [-0.2, -0.15) is 0 Å². The van der Waals surface area contributed by atoms with Gasteiger partial charge >= 0.3 is 0 Å². The third kappa shape index (κ3) is 3.26. The van der Waals surface area contributed by atoms with E-state index < -0.39 is 5.82 Å². The van der Waals surface area contributed by atoms with Crippen LogP contribution in [0.4, 0.5) is 10.1 Å². The molecule has 0 aromatic heterocycles. The van der Waals surface area contributed by atoms with Crippen molar-refractivity contribution < 1.29 is 14.0 Å². The van der Waals surface area contributed by atoms with Crippen LogP contribution in [0.5, 0.6) is 0 Å². The number of aryl methyl sites for hydroxylation is 1. The van der Waals surface area contributed by atoms with Crippen molar-refractivity contribution in [3.8, 4) is 0 Å². The van der Waals surface area contributed by atoms with Crippen LogP contribution in [-0.2, 0) is 11.2 Å². The first-order chi connectivity index (χ1) is 11.1. The Morgan fingerprint density at radius 2 is 1.88 bits per heavy atom. The van der Waals surface area contributed by atoms with Crippen molar-refractivity contribution in [2.75, 3.05) is 5.32 Å². The molecule has 3 aliphatic rings. The van der Waals surface area contributed by atoms with Crippen LogP contribution in [0.15, 0.2) is 12.1 Å². The number of benzene rings is 1. The first kappa shape index (κ1) is 17.2. The van der Waals surface area contributed by atoms with Gasteiger partial charge in [0.25, 0.3) is 5.91 Å². The minimum absolute atomic E-state index is 0. The summed E-state index contributed by atoms with van der Waals surface area (Å²) < 4.78 is 14.3. The third-order valence-corrected chi connectivity index (χ3v) is 5.14. The molecule has 1 aromatic rings. The lowest BCUT2D eigenvalue weighted by Crippen LogP contribution is -2.48. The number of fused-ring (bicyclic) bond motifs is 3. The summed E-state index contributed by atoms with van der Waals surface area (Å²) in [5.74, 6) is -1.05. The second-order valence-electron chi connectivity index (χ2n) is 6.82. The second-order valence-corrected chi connectivity index (χ2v) is 6.82. The molecule has 7 heteroatoms. The van der Waals surface area contributed by atoms with Gasteiger partial charge in [-0.05, 0) is 49.8 Å². The van der Waals surface area contributed by atoms with Gasteiger partial charge in [0, 0.05) is 30.2 Å². The molecular formula is C17H21ClFN3O2. The second kappa shape index (κ2) is 6.69. The minimum atomic E-state index is -0.583. The Morgan fingerprint density at radius 1 is 1.17 bits per heavy atom. The zero-order valence-corrected chi connectivity index (χ0v) is 14.0. The Hall–Kier alpha value is -1.66. The number of nitrogens with one attached hydrogen (secondary N) is 3. The molecule has 2 amide bonds. The summed E-state index contributed by atoms with van der Waals surface area (Å²) in [6, 6.07) is 3.89. The van der Waals surface area contributed by atoms with E-state index in [0.717, 1.165) is 31.2 Å². The van der Waals surface area contributed by atoms with Gasteiger partial charge in [-0.15, -0.1) is 12.4 Å². The standard InChI is InChI=1S/C17H20FN3O2.ClH/c18-14-8-15-9(1-4-16(22)21-15)5-13(14)17(23)20-12-6-10-2-3-11(7-12)19-10;/h5,8,10-12,19H,1-4,6-7H2,(H,20,23)(H,21,22);1H. The number of hydrogen-bond acceptors (Lipinski definition) is 3. The molecule has 0 spiro atoms. The number of rotatable bonds is 2.